The zero-order chi connectivity index (χ0) is 7.84. The van der Waals surface area contributed by atoms with Crippen LogP contribution in [0.25, 0.3) is 5.65 Å². The molecule has 0 aliphatic heterocycles. The first-order chi connectivity index (χ1) is 5.25. The summed E-state index contributed by atoms with van der Waals surface area (Å²) in [5, 5.41) is 4.70. The molecule has 56 valence electrons. The first kappa shape index (κ1) is 6.88. The van der Waals surface area contributed by atoms with Gasteiger partial charge in [-0.05, 0) is 23.7 Å². The summed E-state index contributed by atoms with van der Waals surface area (Å²) in [6.45, 7) is 0. The van der Waals surface area contributed by atoms with Gasteiger partial charge in [-0.25, -0.2) is 4.52 Å². The molecule has 0 spiro atoms. The Morgan fingerprint density at radius 3 is 2.91 bits per heavy atom. The normalized spacial score (nSPS) is 10.7. The summed E-state index contributed by atoms with van der Waals surface area (Å²) < 4.78 is 1.53. The van der Waals surface area contributed by atoms with Crippen LogP contribution in [0.2, 0.25) is 10.3 Å². The van der Waals surface area contributed by atoms with Crippen LogP contribution in [-0.4, -0.2) is 14.6 Å². The second kappa shape index (κ2) is 2.36. The van der Waals surface area contributed by atoms with Crippen molar-refractivity contribution in [2.24, 2.45) is 0 Å². The van der Waals surface area contributed by atoms with Gasteiger partial charge in [0.15, 0.2) is 5.65 Å². The lowest BCUT2D eigenvalue weighted by molar-refractivity contribution is 0.962. The molecule has 0 aromatic carbocycles. The molecule has 0 unspecified atom stereocenters. The number of hydrogen-bond acceptors (Lipinski definition) is 2. The molecule has 0 atom stereocenters. The molecule has 2 rings (SSSR count). The summed E-state index contributed by atoms with van der Waals surface area (Å²) in [5.74, 6) is 0. The monoisotopic (exact) mass is 187 g/mol. The number of hydrogen-bond donors (Lipinski definition) is 0. The number of nitrogens with zero attached hydrogens (tertiary/aromatic N) is 3. The van der Waals surface area contributed by atoms with Crippen LogP contribution in [0.15, 0.2) is 18.3 Å². The van der Waals surface area contributed by atoms with Gasteiger partial charge >= 0.3 is 0 Å². The largest absolute Gasteiger partial charge is 0.243 e. The SMILES string of the molecule is Clc1ccc2nc(Cl)nn2c1. The molecular weight excluding hydrogens is 185 g/mol. The predicted molar refractivity (Wildman–Crippen MR) is 43.0 cm³/mol. The zero-order valence-electron chi connectivity index (χ0n) is 5.33. The molecule has 0 N–H and O–H groups in total. The van der Waals surface area contributed by atoms with Crippen LogP contribution in [0, 0.1) is 0 Å². The van der Waals surface area contributed by atoms with E-state index < -0.39 is 0 Å². The first-order valence-corrected chi connectivity index (χ1v) is 3.69. The quantitative estimate of drug-likeness (QED) is 0.633. The Morgan fingerprint density at radius 2 is 2.09 bits per heavy atom. The number of pyridine rings is 1. The van der Waals surface area contributed by atoms with Crippen LogP contribution in [0.3, 0.4) is 0 Å². The third-order valence-electron chi connectivity index (χ3n) is 1.27. The summed E-state index contributed by atoms with van der Waals surface area (Å²) in [7, 11) is 0. The average Bonchev–Trinajstić information content (AvgIpc) is 2.27. The number of aromatic nitrogens is 3. The first-order valence-electron chi connectivity index (χ1n) is 2.93. The molecule has 0 bridgehead atoms. The Kier molecular flexibility index (Phi) is 1.47. The predicted octanol–water partition coefficient (Wildman–Crippen LogP) is 2.04. The third-order valence-corrected chi connectivity index (χ3v) is 1.65. The summed E-state index contributed by atoms with van der Waals surface area (Å²) in [6, 6.07) is 3.49. The smallest absolute Gasteiger partial charge is 0.218 e. The Labute approximate surface area is 72.6 Å². The van der Waals surface area contributed by atoms with E-state index in [1.165, 1.54) is 4.52 Å². The van der Waals surface area contributed by atoms with Crippen molar-refractivity contribution >= 4 is 28.8 Å². The van der Waals surface area contributed by atoms with Gasteiger partial charge in [-0.1, -0.05) is 11.6 Å². The molecule has 0 radical (unpaired) electrons. The van der Waals surface area contributed by atoms with Crippen LogP contribution < -0.4 is 0 Å². The van der Waals surface area contributed by atoms with Gasteiger partial charge in [-0.15, -0.1) is 5.10 Å². The highest BCUT2D eigenvalue weighted by molar-refractivity contribution is 6.30. The van der Waals surface area contributed by atoms with Crippen LogP contribution in [0.4, 0.5) is 0 Å². The van der Waals surface area contributed by atoms with E-state index in [1.807, 2.05) is 0 Å². The van der Waals surface area contributed by atoms with E-state index in [4.69, 9.17) is 23.2 Å². The number of rotatable bonds is 0. The summed E-state index contributed by atoms with van der Waals surface area (Å²) >= 11 is 11.2. The lowest BCUT2D eigenvalue weighted by Crippen LogP contribution is -1.84. The molecule has 2 aromatic rings. The van der Waals surface area contributed by atoms with E-state index in [9.17, 15) is 0 Å². The molecule has 2 aromatic heterocycles. The Balaban J connectivity index is 2.82. The number of fused-ring (bicyclic) bond motifs is 1. The maximum absolute atomic E-state index is 5.70. The van der Waals surface area contributed by atoms with Gasteiger partial charge in [0.05, 0.1) is 5.02 Å². The van der Waals surface area contributed by atoms with E-state index in [-0.39, 0.29) is 5.28 Å². The highest BCUT2D eigenvalue weighted by atomic mass is 35.5. The highest BCUT2D eigenvalue weighted by Gasteiger charge is 1.99. The van der Waals surface area contributed by atoms with E-state index in [0.717, 1.165) is 0 Å². The molecule has 0 saturated heterocycles. The number of halogens is 2. The fourth-order valence-electron chi connectivity index (χ4n) is 0.831. The van der Waals surface area contributed by atoms with Gasteiger partial charge in [0, 0.05) is 6.20 Å². The van der Waals surface area contributed by atoms with Gasteiger partial charge in [0.25, 0.3) is 0 Å². The second-order valence-corrected chi connectivity index (χ2v) is 2.81. The van der Waals surface area contributed by atoms with E-state index in [2.05, 4.69) is 10.1 Å². The molecule has 11 heavy (non-hydrogen) atoms. The topological polar surface area (TPSA) is 30.2 Å². The molecule has 0 aliphatic rings. The maximum atomic E-state index is 5.70. The van der Waals surface area contributed by atoms with Crippen LogP contribution in [0.1, 0.15) is 0 Å². The van der Waals surface area contributed by atoms with Crippen molar-refractivity contribution in [3.8, 4) is 0 Å². The maximum Gasteiger partial charge on any atom is 0.243 e. The minimum atomic E-state index is 0.229. The van der Waals surface area contributed by atoms with Gasteiger partial charge in [0.1, 0.15) is 0 Å². The molecule has 0 amide bonds. The van der Waals surface area contributed by atoms with E-state index >= 15 is 0 Å². The minimum absolute atomic E-state index is 0.229. The standard InChI is InChI=1S/C6H3Cl2N3/c7-4-1-2-5-9-6(8)10-11(5)3-4/h1-3H. The van der Waals surface area contributed by atoms with Crippen molar-refractivity contribution in [2.75, 3.05) is 0 Å². The molecule has 5 heteroatoms. The summed E-state index contributed by atoms with van der Waals surface area (Å²) in [4.78, 5) is 3.91. The van der Waals surface area contributed by atoms with Gasteiger partial charge in [-0.2, -0.15) is 4.98 Å². The van der Waals surface area contributed by atoms with Crippen LogP contribution >= 0.6 is 23.2 Å². The fraction of sp³-hybridized carbons (Fsp3) is 0. The Hall–Kier alpha value is -0.800. The Bertz CT molecular complexity index is 396. The fourth-order valence-corrected chi connectivity index (χ4v) is 1.15. The molecule has 0 saturated carbocycles. The minimum Gasteiger partial charge on any atom is -0.218 e. The highest BCUT2D eigenvalue weighted by Crippen LogP contribution is 2.10. The molecule has 2 heterocycles. The molecule has 0 aliphatic carbocycles. The summed E-state index contributed by atoms with van der Waals surface area (Å²) in [5.41, 5.74) is 0.694. The van der Waals surface area contributed by atoms with E-state index in [0.29, 0.717) is 10.7 Å². The van der Waals surface area contributed by atoms with E-state index in [1.54, 1.807) is 18.3 Å². The van der Waals surface area contributed by atoms with Crippen molar-refractivity contribution in [2.45, 2.75) is 0 Å². The molecule has 0 fully saturated rings. The Morgan fingerprint density at radius 1 is 1.27 bits per heavy atom. The van der Waals surface area contributed by atoms with Gasteiger partial charge < -0.3 is 0 Å². The lowest BCUT2D eigenvalue weighted by atomic mass is 10.5. The van der Waals surface area contributed by atoms with Crippen LogP contribution in [-0.2, 0) is 0 Å². The van der Waals surface area contributed by atoms with Crippen molar-refractivity contribution in [3.05, 3.63) is 28.6 Å². The third kappa shape index (κ3) is 1.17. The molecular formula is C6H3Cl2N3. The van der Waals surface area contributed by atoms with Crippen molar-refractivity contribution < 1.29 is 0 Å². The van der Waals surface area contributed by atoms with Crippen molar-refractivity contribution in [1.82, 2.24) is 14.6 Å². The van der Waals surface area contributed by atoms with Crippen LogP contribution in [0.5, 0.6) is 0 Å². The second-order valence-electron chi connectivity index (χ2n) is 2.03. The van der Waals surface area contributed by atoms with Gasteiger partial charge in [-0.3, -0.25) is 0 Å². The lowest BCUT2D eigenvalue weighted by Gasteiger charge is -1.89. The van der Waals surface area contributed by atoms with Gasteiger partial charge in [0.2, 0.25) is 5.28 Å². The zero-order valence-corrected chi connectivity index (χ0v) is 6.84. The summed E-state index contributed by atoms with van der Waals surface area (Å²) in [6.07, 6.45) is 1.65. The molecule has 3 nitrogen and oxygen atoms in total. The van der Waals surface area contributed by atoms with Crippen molar-refractivity contribution in [1.29, 1.82) is 0 Å². The average molecular weight is 188 g/mol. The van der Waals surface area contributed by atoms with Crippen molar-refractivity contribution in [3.63, 3.8) is 0 Å².